The predicted molar refractivity (Wildman–Crippen MR) is 137 cm³/mol. The minimum absolute atomic E-state index is 0.0000332. The number of aromatic nitrogens is 3. The molecule has 0 saturated carbocycles. The first kappa shape index (κ1) is 28.9. The summed E-state index contributed by atoms with van der Waals surface area (Å²) in [5.41, 5.74) is 0.484. The summed E-state index contributed by atoms with van der Waals surface area (Å²) in [5, 5.41) is 12.4. The molecule has 10 nitrogen and oxygen atoms in total. The normalized spacial score (nSPS) is 11.4. The van der Waals surface area contributed by atoms with E-state index in [9.17, 15) is 26.0 Å². The maximum Gasteiger partial charge on any atom is 0.490 e. The Bertz CT molecular complexity index is 1780. The molecule has 0 fully saturated rings. The Morgan fingerprint density at radius 2 is 1.78 bits per heavy atom. The highest BCUT2D eigenvalue weighted by atomic mass is 32.2. The van der Waals surface area contributed by atoms with Gasteiger partial charge in [0.25, 0.3) is 10.0 Å². The molecule has 5 rings (SSSR count). The lowest BCUT2D eigenvalue weighted by molar-refractivity contribution is -0.192. The summed E-state index contributed by atoms with van der Waals surface area (Å²) in [7, 11) is -2.92. The number of aliphatic carboxylic acids is 1. The van der Waals surface area contributed by atoms with E-state index in [0.29, 0.717) is 11.1 Å². The van der Waals surface area contributed by atoms with Crippen LogP contribution in [0.2, 0.25) is 0 Å². The van der Waals surface area contributed by atoms with Crippen LogP contribution in [0.4, 0.5) is 29.1 Å². The molecular weight excluding hydrogens is 572 g/mol. The van der Waals surface area contributed by atoms with Crippen molar-refractivity contribution in [3.05, 3.63) is 91.3 Å². The second-order valence-corrected chi connectivity index (χ2v) is 9.82. The number of rotatable bonds is 6. The van der Waals surface area contributed by atoms with Gasteiger partial charge in [0.15, 0.2) is 5.82 Å². The number of ether oxygens (including phenoxy) is 1. The number of halogens is 4. The third-order valence-electron chi connectivity index (χ3n) is 5.45. The van der Waals surface area contributed by atoms with Gasteiger partial charge in [-0.3, -0.25) is 9.97 Å². The molecular formula is C26H18F4N4O6S. The molecule has 0 amide bonds. The van der Waals surface area contributed by atoms with Gasteiger partial charge in [-0.1, -0.05) is 17.3 Å². The highest BCUT2D eigenvalue weighted by Gasteiger charge is 2.38. The molecule has 0 bridgehead atoms. The molecule has 5 aromatic rings. The molecule has 15 heteroatoms. The van der Waals surface area contributed by atoms with Crippen LogP contribution in [0, 0.1) is 5.82 Å². The second kappa shape index (κ2) is 11.6. The van der Waals surface area contributed by atoms with Crippen LogP contribution in [0.25, 0.3) is 22.0 Å². The van der Waals surface area contributed by atoms with Crippen molar-refractivity contribution in [1.82, 2.24) is 15.1 Å². The van der Waals surface area contributed by atoms with E-state index >= 15 is 0 Å². The maximum absolute atomic E-state index is 15.0. The number of carboxylic acid groups (broad SMARTS) is 1. The molecule has 0 unspecified atom stereocenters. The van der Waals surface area contributed by atoms with Crippen LogP contribution in [-0.4, -0.2) is 47.9 Å². The fourth-order valence-electron chi connectivity index (χ4n) is 3.60. The number of sulfonamides is 1. The Labute approximate surface area is 229 Å². The molecule has 3 heterocycles. The highest BCUT2D eigenvalue weighted by molar-refractivity contribution is 7.93. The van der Waals surface area contributed by atoms with Gasteiger partial charge >= 0.3 is 12.1 Å². The molecule has 2 aromatic carbocycles. The van der Waals surface area contributed by atoms with Gasteiger partial charge in [-0.05, 0) is 41.8 Å². The van der Waals surface area contributed by atoms with Crippen molar-refractivity contribution in [1.29, 1.82) is 0 Å². The lowest BCUT2D eigenvalue weighted by Crippen LogP contribution is -2.27. The van der Waals surface area contributed by atoms with Crippen molar-refractivity contribution in [3.8, 4) is 17.0 Å². The summed E-state index contributed by atoms with van der Waals surface area (Å²) in [5.74, 6) is -3.40. The first-order valence-corrected chi connectivity index (χ1v) is 12.8. The zero-order chi connectivity index (χ0) is 29.8. The molecule has 0 aliphatic rings. The zero-order valence-electron chi connectivity index (χ0n) is 20.8. The predicted octanol–water partition coefficient (Wildman–Crippen LogP) is 5.59. The van der Waals surface area contributed by atoms with Crippen molar-refractivity contribution >= 4 is 38.3 Å². The molecule has 0 aliphatic carbocycles. The molecule has 0 radical (unpaired) electrons. The molecule has 41 heavy (non-hydrogen) atoms. The van der Waals surface area contributed by atoms with Gasteiger partial charge in [0.05, 0.1) is 17.7 Å². The number of carboxylic acids is 1. The van der Waals surface area contributed by atoms with Crippen LogP contribution in [0.15, 0.2) is 94.9 Å². The summed E-state index contributed by atoms with van der Waals surface area (Å²) < 4.78 is 85.9. The fraction of sp³-hybridized carbons (Fsp3) is 0.0769. The minimum atomic E-state index is -5.08. The van der Waals surface area contributed by atoms with E-state index < -0.39 is 28.0 Å². The van der Waals surface area contributed by atoms with Crippen molar-refractivity contribution in [2.75, 3.05) is 11.4 Å². The second-order valence-electron chi connectivity index (χ2n) is 8.03. The van der Waals surface area contributed by atoms with Gasteiger partial charge in [-0.15, -0.1) is 0 Å². The Kier molecular flexibility index (Phi) is 8.18. The number of benzene rings is 2. The Hall–Kier alpha value is -5.05. The van der Waals surface area contributed by atoms with Crippen LogP contribution in [-0.2, 0) is 14.8 Å². The van der Waals surface area contributed by atoms with E-state index in [1.54, 1.807) is 42.7 Å². The number of anilines is 2. The molecule has 0 aliphatic heterocycles. The SMILES string of the molecule is COc1cc(F)c(-c2ccccn2)cc1N(c1ccon1)S(=O)(=O)c1ccc2cnccc2c1.O=C(O)C(F)(F)F. The third-order valence-corrected chi connectivity index (χ3v) is 7.17. The Morgan fingerprint density at radius 3 is 2.39 bits per heavy atom. The van der Waals surface area contributed by atoms with Gasteiger partial charge < -0.3 is 14.4 Å². The van der Waals surface area contributed by atoms with Gasteiger partial charge in [0.1, 0.15) is 23.5 Å². The van der Waals surface area contributed by atoms with Gasteiger partial charge in [0, 0.05) is 41.7 Å². The summed E-state index contributed by atoms with van der Waals surface area (Å²) in [6.45, 7) is 0. The average molecular weight is 591 g/mol. The van der Waals surface area contributed by atoms with Gasteiger partial charge in [-0.25, -0.2) is 21.9 Å². The van der Waals surface area contributed by atoms with Crippen molar-refractivity contribution < 1.29 is 45.1 Å². The smallest absolute Gasteiger partial charge is 0.490 e. The first-order valence-electron chi connectivity index (χ1n) is 11.3. The minimum Gasteiger partial charge on any atom is -0.494 e. The van der Waals surface area contributed by atoms with Crippen molar-refractivity contribution in [2.24, 2.45) is 0 Å². The van der Waals surface area contributed by atoms with Crippen LogP contribution in [0.1, 0.15) is 0 Å². The highest BCUT2D eigenvalue weighted by Crippen LogP contribution is 2.41. The number of pyridine rings is 2. The van der Waals surface area contributed by atoms with Crippen molar-refractivity contribution in [3.63, 3.8) is 0 Å². The molecule has 212 valence electrons. The topological polar surface area (TPSA) is 136 Å². The first-order chi connectivity index (χ1) is 19.4. The van der Waals surface area contributed by atoms with E-state index in [4.69, 9.17) is 19.2 Å². The van der Waals surface area contributed by atoms with Gasteiger partial charge in [-0.2, -0.15) is 13.2 Å². The molecule has 1 N–H and O–H groups in total. The number of nitrogens with zero attached hydrogens (tertiary/aromatic N) is 4. The van der Waals surface area contributed by atoms with Gasteiger partial charge in [0.2, 0.25) is 0 Å². The number of alkyl halides is 3. The number of hydrogen-bond acceptors (Lipinski definition) is 8. The lowest BCUT2D eigenvalue weighted by Gasteiger charge is -2.24. The average Bonchev–Trinajstić information content (AvgIpc) is 3.48. The largest absolute Gasteiger partial charge is 0.494 e. The third kappa shape index (κ3) is 6.24. The van der Waals surface area contributed by atoms with Crippen LogP contribution in [0.3, 0.4) is 0 Å². The zero-order valence-corrected chi connectivity index (χ0v) is 21.6. The summed E-state index contributed by atoms with van der Waals surface area (Å²) in [6, 6.07) is 15.3. The Balaban J connectivity index is 0.000000493. The van der Waals surface area contributed by atoms with E-state index in [1.807, 2.05) is 0 Å². The summed E-state index contributed by atoms with van der Waals surface area (Å²) in [4.78, 5) is 17.1. The maximum atomic E-state index is 15.0. The van der Waals surface area contributed by atoms with Crippen LogP contribution >= 0.6 is 0 Å². The number of carbonyl (C=O) groups is 1. The fourth-order valence-corrected chi connectivity index (χ4v) is 5.07. The molecule has 0 spiro atoms. The van der Waals surface area contributed by atoms with E-state index in [0.717, 1.165) is 15.8 Å². The lowest BCUT2D eigenvalue weighted by atomic mass is 10.1. The van der Waals surface area contributed by atoms with E-state index in [1.165, 1.54) is 43.8 Å². The van der Waals surface area contributed by atoms with Crippen LogP contribution < -0.4 is 9.04 Å². The quantitative estimate of drug-likeness (QED) is 0.251. The summed E-state index contributed by atoms with van der Waals surface area (Å²) >= 11 is 0. The van der Waals surface area contributed by atoms with Crippen LogP contribution in [0.5, 0.6) is 5.75 Å². The van der Waals surface area contributed by atoms with E-state index in [2.05, 4.69) is 15.1 Å². The standard InChI is InChI=1S/C24H17FN4O4S.C2HF3O2/c1-32-23-14-20(25)19(21-4-2-3-9-27-21)13-22(23)29(24-8-11-33-28-24)34(30,31)18-6-5-17-15-26-10-7-16(17)12-18;3-2(4,5)1(6)7/h2-15H,1H3;(H,6,7). The number of fused-ring (bicyclic) bond motifs is 1. The van der Waals surface area contributed by atoms with E-state index in [-0.39, 0.29) is 27.7 Å². The van der Waals surface area contributed by atoms with Crippen molar-refractivity contribution in [2.45, 2.75) is 11.1 Å². The number of methoxy groups -OCH3 is 1. The number of hydrogen-bond donors (Lipinski definition) is 1. The molecule has 0 saturated heterocycles. The molecule has 3 aromatic heterocycles. The monoisotopic (exact) mass is 590 g/mol. The molecule has 0 atom stereocenters. The summed E-state index contributed by atoms with van der Waals surface area (Å²) in [6.07, 6.45) is 0.911. The Morgan fingerprint density at radius 1 is 1.02 bits per heavy atom.